The quantitative estimate of drug-likeness (QED) is 0.0843. The highest BCUT2D eigenvalue weighted by Crippen LogP contribution is 2.55. The largest absolute Gasteiger partial charge is 0.504 e. The number of fused-ring (bicyclic) bond motifs is 6. The zero-order valence-corrected chi connectivity index (χ0v) is 33.1. The summed E-state index contributed by atoms with van der Waals surface area (Å²) in [5.41, 5.74) is 10.6. The third-order valence-electron chi connectivity index (χ3n) is 11.5. The molecule has 0 saturated heterocycles. The van der Waals surface area contributed by atoms with E-state index in [1.54, 1.807) is 23.5 Å². The van der Waals surface area contributed by atoms with Gasteiger partial charge in [-0.2, -0.15) is 0 Å². The van der Waals surface area contributed by atoms with Gasteiger partial charge in [-0.25, -0.2) is 4.98 Å². The zero-order valence-electron chi connectivity index (χ0n) is 32.3. The van der Waals surface area contributed by atoms with Crippen LogP contribution in [0.25, 0.3) is 104 Å². The van der Waals surface area contributed by atoms with Crippen molar-refractivity contribution in [2.45, 2.75) is 0 Å². The molecule has 0 unspecified atom stereocenters. The molecule has 0 amide bonds. The van der Waals surface area contributed by atoms with Gasteiger partial charge in [-0.15, -0.1) is 11.3 Å². The summed E-state index contributed by atoms with van der Waals surface area (Å²) in [6, 6.07) is 59.8. The van der Waals surface area contributed by atoms with Crippen LogP contribution in [0, 0.1) is 0 Å². The number of hydrogen-bond acceptors (Lipinski definition) is 7. The van der Waals surface area contributed by atoms with E-state index < -0.39 is 28.7 Å². The van der Waals surface area contributed by atoms with Crippen LogP contribution in [0.2, 0.25) is 0 Å². The number of rotatable bonds is 6. The summed E-state index contributed by atoms with van der Waals surface area (Å²) in [7, 11) is 0. The Labute approximate surface area is 353 Å². The van der Waals surface area contributed by atoms with Crippen molar-refractivity contribution in [3.8, 4) is 90.3 Å². The predicted octanol–water partition coefficient (Wildman–Crippen LogP) is 13.4. The second-order valence-corrected chi connectivity index (χ2v) is 16.2. The number of hydrogen-bond donors (Lipinski definition) is 5. The lowest BCUT2D eigenvalue weighted by Crippen LogP contribution is -1.96. The average Bonchev–Trinajstić information content (AvgIpc) is 3.86. The highest BCUT2D eigenvalue weighted by atomic mass is 32.1. The number of aromatic nitrogens is 2. The monoisotopic (exact) mass is 810 g/mol. The van der Waals surface area contributed by atoms with Gasteiger partial charge in [0.1, 0.15) is 0 Å². The Morgan fingerprint density at radius 3 is 1.74 bits per heavy atom. The van der Waals surface area contributed by atoms with E-state index >= 15 is 0 Å². The molecule has 7 nitrogen and oxygen atoms in total. The van der Waals surface area contributed by atoms with Crippen LogP contribution < -0.4 is 0 Å². The first kappa shape index (κ1) is 36.0. The van der Waals surface area contributed by atoms with E-state index in [1.807, 2.05) is 54.6 Å². The number of nitrogens with zero attached hydrogens (tertiary/aromatic N) is 2. The molecule has 11 rings (SSSR count). The third kappa shape index (κ3) is 5.76. The first-order chi connectivity index (χ1) is 29.8. The number of aromatic hydroxyl groups is 5. The van der Waals surface area contributed by atoms with Crippen LogP contribution in [0.15, 0.2) is 176 Å². The molecule has 0 bridgehead atoms. The minimum Gasteiger partial charge on any atom is -0.504 e. The van der Waals surface area contributed by atoms with E-state index in [0.717, 1.165) is 70.3 Å². The van der Waals surface area contributed by atoms with E-state index in [1.165, 1.54) is 10.8 Å². The van der Waals surface area contributed by atoms with E-state index in [4.69, 9.17) is 4.98 Å². The summed E-state index contributed by atoms with van der Waals surface area (Å²) in [6.45, 7) is 0. The lowest BCUT2D eigenvalue weighted by atomic mass is 9.95. The molecule has 11 aromatic rings. The van der Waals surface area contributed by atoms with Crippen molar-refractivity contribution in [1.29, 1.82) is 0 Å². The first-order valence-corrected chi connectivity index (χ1v) is 20.6. The van der Waals surface area contributed by atoms with Gasteiger partial charge in [0.2, 0.25) is 17.2 Å². The molecule has 0 radical (unpaired) electrons. The van der Waals surface area contributed by atoms with Crippen molar-refractivity contribution in [1.82, 2.24) is 9.55 Å². The molecule has 3 aromatic heterocycles. The fourth-order valence-electron chi connectivity index (χ4n) is 8.70. The van der Waals surface area contributed by atoms with Gasteiger partial charge in [-0.1, -0.05) is 127 Å². The summed E-state index contributed by atoms with van der Waals surface area (Å²) in [5.74, 6) is -4.44. The molecule has 0 aliphatic rings. The lowest BCUT2D eigenvalue weighted by molar-refractivity contribution is 0.330. The summed E-state index contributed by atoms with van der Waals surface area (Å²) >= 11 is 1.69. The molecule has 0 aliphatic heterocycles. The van der Waals surface area contributed by atoms with Gasteiger partial charge in [-0.3, -0.25) is 0 Å². The van der Waals surface area contributed by atoms with Crippen molar-refractivity contribution in [2.75, 3.05) is 0 Å². The van der Waals surface area contributed by atoms with Gasteiger partial charge in [-0.05, 0) is 70.8 Å². The number of thiophene rings is 1. The lowest BCUT2D eigenvalue weighted by Gasteiger charge is -2.15. The molecule has 0 aliphatic carbocycles. The maximum absolute atomic E-state index is 11.0. The van der Waals surface area contributed by atoms with Gasteiger partial charge in [0, 0.05) is 53.3 Å². The minimum absolute atomic E-state index is 0.238. The minimum atomic E-state index is -1.01. The summed E-state index contributed by atoms with van der Waals surface area (Å²) in [4.78, 5) is 5.11. The summed E-state index contributed by atoms with van der Waals surface area (Å²) in [5, 5.41) is 57.6. The molecule has 3 heterocycles. The van der Waals surface area contributed by atoms with Crippen molar-refractivity contribution >= 4 is 53.3 Å². The number of pyridine rings is 1. The maximum atomic E-state index is 11.0. The van der Waals surface area contributed by atoms with E-state index in [2.05, 4.69) is 114 Å². The zero-order chi connectivity index (χ0) is 41.4. The standard InChI is InChI=1S/C53H34N2O5S/c56-49-46(50(57)52(59)53(60)51(49)58)34-27-41(32-17-8-3-9-18-32)54-42(28-34)37-20-12-22-44-47(37)38-24-23-35(29-45(38)61-44)55-43-21-11-10-19-36(43)40-26-33(30-13-4-1-5-14-30)25-39(48(40)55)31-15-6-2-7-16-31/h1-29,56-60H. The molecule has 0 spiro atoms. The molecule has 0 fully saturated rings. The topological polar surface area (TPSA) is 119 Å². The van der Waals surface area contributed by atoms with Crippen LogP contribution in [0.4, 0.5) is 0 Å². The Hall–Kier alpha value is -8.07. The van der Waals surface area contributed by atoms with E-state index in [-0.39, 0.29) is 11.1 Å². The Bertz CT molecular complexity index is 3500. The van der Waals surface area contributed by atoms with Crippen LogP contribution in [0.3, 0.4) is 0 Å². The normalized spacial score (nSPS) is 11.6. The molecule has 0 atom stereocenters. The van der Waals surface area contributed by atoms with Crippen LogP contribution in [-0.4, -0.2) is 35.1 Å². The Morgan fingerprint density at radius 2 is 1.02 bits per heavy atom. The van der Waals surface area contributed by atoms with Crippen LogP contribution >= 0.6 is 11.3 Å². The number of benzene rings is 8. The molecule has 8 aromatic carbocycles. The van der Waals surface area contributed by atoms with Crippen LogP contribution in [0.5, 0.6) is 28.7 Å². The van der Waals surface area contributed by atoms with Gasteiger partial charge in [0.25, 0.3) is 0 Å². The van der Waals surface area contributed by atoms with Gasteiger partial charge in [0.05, 0.1) is 28.0 Å². The SMILES string of the molecule is Oc1c(O)c(O)c(-c2cc(-c3ccccc3)nc(-c3cccc4sc5cc(-n6c7ccccc7c7cc(-c8ccccc8)cc(-c8ccccc8)c76)ccc5c34)c2)c(O)c1O. The smallest absolute Gasteiger partial charge is 0.208 e. The Morgan fingerprint density at radius 1 is 0.393 bits per heavy atom. The fraction of sp³-hybridized carbons (Fsp3) is 0. The average molecular weight is 811 g/mol. The third-order valence-corrected chi connectivity index (χ3v) is 12.6. The molecular formula is C53H34N2O5S. The van der Waals surface area contributed by atoms with Crippen molar-refractivity contribution in [3.05, 3.63) is 176 Å². The molecular weight excluding hydrogens is 777 g/mol. The van der Waals surface area contributed by atoms with Gasteiger partial charge < -0.3 is 30.1 Å². The summed E-state index contributed by atoms with van der Waals surface area (Å²) in [6.07, 6.45) is 0. The molecule has 8 heteroatoms. The maximum Gasteiger partial charge on any atom is 0.208 e. The number of para-hydroxylation sites is 1. The second-order valence-electron chi connectivity index (χ2n) is 15.1. The first-order valence-electron chi connectivity index (χ1n) is 19.7. The number of phenols is 5. The van der Waals surface area contributed by atoms with Crippen molar-refractivity contribution in [2.24, 2.45) is 0 Å². The molecule has 292 valence electrons. The predicted molar refractivity (Wildman–Crippen MR) is 247 cm³/mol. The summed E-state index contributed by atoms with van der Waals surface area (Å²) < 4.78 is 4.50. The highest BCUT2D eigenvalue weighted by Gasteiger charge is 2.26. The van der Waals surface area contributed by atoms with E-state index in [9.17, 15) is 25.5 Å². The fourth-order valence-corrected chi connectivity index (χ4v) is 9.86. The van der Waals surface area contributed by atoms with Gasteiger partial charge >= 0.3 is 0 Å². The second kappa shape index (κ2) is 14.0. The van der Waals surface area contributed by atoms with Gasteiger partial charge in [0.15, 0.2) is 11.5 Å². The highest BCUT2D eigenvalue weighted by molar-refractivity contribution is 7.26. The molecule has 61 heavy (non-hydrogen) atoms. The Balaban J connectivity index is 1.14. The van der Waals surface area contributed by atoms with Crippen molar-refractivity contribution < 1.29 is 25.5 Å². The number of phenolic OH excluding ortho intramolecular Hbond substituents is 5. The van der Waals surface area contributed by atoms with Crippen molar-refractivity contribution in [3.63, 3.8) is 0 Å². The molecule has 0 saturated carbocycles. The van der Waals surface area contributed by atoms with E-state index in [0.29, 0.717) is 11.4 Å². The van der Waals surface area contributed by atoms with Crippen LogP contribution in [-0.2, 0) is 0 Å². The van der Waals surface area contributed by atoms with Crippen LogP contribution in [0.1, 0.15) is 0 Å². The molecule has 5 N–H and O–H groups in total. The Kier molecular flexibility index (Phi) is 8.30.